The molecule has 3 unspecified atom stereocenters. The molecule has 2 saturated heterocycles. The smallest absolute Gasteiger partial charge is 0.241 e. The molecule has 4 heteroatoms. The molecule has 2 heterocycles. The van der Waals surface area contributed by atoms with Gasteiger partial charge in [-0.3, -0.25) is 10.1 Å². The molecule has 4 nitrogen and oxygen atoms in total. The normalized spacial score (nSPS) is 32.4. The Morgan fingerprint density at radius 2 is 2.15 bits per heavy atom. The Kier molecular flexibility index (Phi) is 5.44. The molecule has 20 heavy (non-hydrogen) atoms. The predicted molar refractivity (Wildman–Crippen MR) is 82.4 cm³/mol. The number of carbonyl (C=O) groups is 1. The largest absolute Gasteiger partial charge is 0.322 e. The van der Waals surface area contributed by atoms with Crippen molar-refractivity contribution in [1.29, 1.82) is 0 Å². The van der Waals surface area contributed by atoms with Gasteiger partial charge in [0.05, 0.1) is 12.2 Å². The molecule has 2 fully saturated rings. The second kappa shape index (κ2) is 6.90. The fourth-order valence-electron chi connectivity index (χ4n) is 3.64. The summed E-state index contributed by atoms with van der Waals surface area (Å²) >= 11 is 0. The maximum atomic E-state index is 12.7. The number of likely N-dealkylation sites (N-methyl/N-ethyl adjacent to an activating group) is 1. The van der Waals surface area contributed by atoms with Crippen LogP contribution in [0.25, 0.3) is 0 Å². The van der Waals surface area contributed by atoms with Crippen LogP contribution in [-0.2, 0) is 4.79 Å². The quantitative estimate of drug-likeness (QED) is 0.838. The number of hydrogen-bond donors (Lipinski definition) is 1. The topological polar surface area (TPSA) is 35.6 Å². The summed E-state index contributed by atoms with van der Waals surface area (Å²) in [5, 5.41) is 3.59. The van der Waals surface area contributed by atoms with E-state index in [0.29, 0.717) is 17.9 Å². The van der Waals surface area contributed by atoms with E-state index < -0.39 is 0 Å². The average molecular weight is 281 g/mol. The van der Waals surface area contributed by atoms with Crippen LogP contribution >= 0.6 is 0 Å². The van der Waals surface area contributed by atoms with Crippen LogP contribution in [0.1, 0.15) is 52.9 Å². The van der Waals surface area contributed by atoms with Crippen LogP contribution in [0.15, 0.2) is 0 Å². The third-order valence-corrected chi connectivity index (χ3v) is 4.55. The van der Waals surface area contributed by atoms with Crippen molar-refractivity contribution in [3.8, 4) is 0 Å². The molecule has 116 valence electrons. The number of hydrogen-bond acceptors (Lipinski definition) is 3. The van der Waals surface area contributed by atoms with Gasteiger partial charge in [0, 0.05) is 12.6 Å². The monoisotopic (exact) mass is 281 g/mol. The van der Waals surface area contributed by atoms with Crippen LogP contribution in [0, 0.1) is 5.92 Å². The molecule has 2 aliphatic rings. The van der Waals surface area contributed by atoms with Crippen LogP contribution in [0.4, 0.5) is 0 Å². The highest BCUT2D eigenvalue weighted by atomic mass is 16.2. The van der Waals surface area contributed by atoms with Crippen molar-refractivity contribution in [1.82, 2.24) is 15.1 Å². The van der Waals surface area contributed by atoms with Crippen LogP contribution < -0.4 is 5.32 Å². The first-order valence-electron chi connectivity index (χ1n) is 8.29. The summed E-state index contributed by atoms with van der Waals surface area (Å²) in [6.07, 6.45) is 5.70. The van der Waals surface area contributed by atoms with Gasteiger partial charge in [0.2, 0.25) is 5.91 Å². The molecular formula is C16H31N3O. The molecule has 3 atom stereocenters. The zero-order valence-corrected chi connectivity index (χ0v) is 13.6. The van der Waals surface area contributed by atoms with Gasteiger partial charge >= 0.3 is 0 Å². The van der Waals surface area contributed by atoms with E-state index in [9.17, 15) is 4.79 Å². The van der Waals surface area contributed by atoms with Gasteiger partial charge in [-0.05, 0) is 45.2 Å². The third kappa shape index (κ3) is 3.53. The first-order valence-corrected chi connectivity index (χ1v) is 8.29. The van der Waals surface area contributed by atoms with Crippen LogP contribution in [0.2, 0.25) is 0 Å². The molecule has 0 radical (unpaired) electrons. The molecule has 0 aliphatic carbocycles. The minimum Gasteiger partial charge on any atom is -0.322 e. The van der Waals surface area contributed by atoms with Gasteiger partial charge in [0.1, 0.15) is 0 Å². The summed E-state index contributed by atoms with van der Waals surface area (Å²) < 4.78 is 0. The molecule has 1 amide bonds. The van der Waals surface area contributed by atoms with Crippen LogP contribution in [-0.4, -0.2) is 54.1 Å². The van der Waals surface area contributed by atoms with Crippen molar-refractivity contribution < 1.29 is 4.79 Å². The molecule has 2 rings (SSSR count). The van der Waals surface area contributed by atoms with Gasteiger partial charge < -0.3 is 9.80 Å². The second-order valence-electron chi connectivity index (χ2n) is 6.96. The molecule has 0 spiro atoms. The van der Waals surface area contributed by atoms with Crippen molar-refractivity contribution in [2.45, 2.75) is 71.1 Å². The maximum Gasteiger partial charge on any atom is 0.241 e. The molecular weight excluding hydrogens is 250 g/mol. The average Bonchev–Trinajstić information content (AvgIpc) is 2.65. The molecule has 0 bridgehead atoms. The molecule has 0 aromatic heterocycles. The zero-order valence-electron chi connectivity index (χ0n) is 13.6. The Hall–Kier alpha value is -0.610. The van der Waals surface area contributed by atoms with Crippen molar-refractivity contribution in [3.63, 3.8) is 0 Å². The van der Waals surface area contributed by atoms with E-state index in [1.165, 1.54) is 13.0 Å². The van der Waals surface area contributed by atoms with E-state index in [4.69, 9.17) is 0 Å². The van der Waals surface area contributed by atoms with Gasteiger partial charge in [0.15, 0.2) is 0 Å². The predicted octanol–water partition coefficient (Wildman–Crippen LogP) is 2.05. The van der Waals surface area contributed by atoms with Gasteiger partial charge in [-0.2, -0.15) is 0 Å². The number of amides is 1. The van der Waals surface area contributed by atoms with E-state index in [1.54, 1.807) is 0 Å². The highest BCUT2D eigenvalue weighted by Crippen LogP contribution is 2.26. The maximum absolute atomic E-state index is 12.7. The molecule has 2 aliphatic heterocycles. The Labute approximate surface area is 123 Å². The van der Waals surface area contributed by atoms with Gasteiger partial charge in [-0.25, -0.2) is 0 Å². The standard InChI is InChI=1S/C16H31N3O/c1-5-7-14-16(20)19(15(17-14)10-12(2)3)13-8-6-9-18(4)11-13/h12-15,17H,5-11H2,1-4H3. The van der Waals surface area contributed by atoms with Gasteiger partial charge in [0.25, 0.3) is 0 Å². The fraction of sp³-hybridized carbons (Fsp3) is 0.938. The van der Waals surface area contributed by atoms with Crippen molar-refractivity contribution >= 4 is 5.91 Å². The van der Waals surface area contributed by atoms with Crippen LogP contribution in [0.3, 0.4) is 0 Å². The van der Waals surface area contributed by atoms with Crippen LogP contribution in [0.5, 0.6) is 0 Å². The van der Waals surface area contributed by atoms with Gasteiger partial charge in [-0.1, -0.05) is 27.2 Å². The minimum atomic E-state index is 0.0518. The lowest BCUT2D eigenvalue weighted by molar-refractivity contribution is -0.133. The highest BCUT2D eigenvalue weighted by Gasteiger charge is 2.42. The summed E-state index contributed by atoms with van der Waals surface area (Å²) in [7, 11) is 2.17. The summed E-state index contributed by atoms with van der Waals surface area (Å²) in [6.45, 7) is 8.83. The summed E-state index contributed by atoms with van der Waals surface area (Å²) in [4.78, 5) is 17.3. The van der Waals surface area contributed by atoms with Crippen molar-refractivity contribution in [2.75, 3.05) is 20.1 Å². The summed E-state index contributed by atoms with van der Waals surface area (Å²) in [5.74, 6) is 0.960. The highest BCUT2D eigenvalue weighted by molar-refractivity contribution is 5.84. The number of piperidine rings is 1. The summed E-state index contributed by atoms with van der Waals surface area (Å²) in [5.41, 5.74) is 0. The number of nitrogens with one attached hydrogen (secondary N) is 1. The Bertz CT molecular complexity index is 332. The lowest BCUT2D eigenvalue weighted by Crippen LogP contribution is -2.52. The summed E-state index contributed by atoms with van der Waals surface area (Å²) in [6, 6.07) is 0.454. The van der Waals surface area contributed by atoms with E-state index in [0.717, 1.165) is 32.2 Å². The Morgan fingerprint density at radius 3 is 2.75 bits per heavy atom. The molecule has 0 aromatic carbocycles. The van der Waals surface area contributed by atoms with Crippen molar-refractivity contribution in [3.05, 3.63) is 0 Å². The van der Waals surface area contributed by atoms with E-state index in [1.807, 2.05) is 0 Å². The lowest BCUT2D eigenvalue weighted by atomic mass is 10.0. The molecule has 0 aromatic rings. The number of rotatable bonds is 5. The fourth-order valence-corrected chi connectivity index (χ4v) is 3.64. The lowest BCUT2D eigenvalue weighted by Gasteiger charge is -2.39. The number of carbonyl (C=O) groups excluding carboxylic acids is 1. The zero-order chi connectivity index (χ0) is 14.7. The first-order chi connectivity index (χ1) is 9.52. The van der Waals surface area contributed by atoms with Crippen molar-refractivity contribution in [2.24, 2.45) is 5.92 Å². The van der Waals surface area contributed by atoms with E-state index in [-0.39, 0.29) is 12.2 Å². The first kappa shape index (κ1) is 15.8. The second-order valence-corrected chi connectivity index (χ2v) is 6.96. The number of nitrogens with zero attached hydrogens (tertiary/aromatic N) is 2. The van der Waals surface area contributed by atoms with E-state index in [2.05, 4.69) is 42.9 Å². The molecule has 1 N–H and O–H groups in total. The van der Waals surface area contributed by atoms with Gasteiger partial charge in [-0.15, -0.1) is 0 Å². The Balaban J connectivity index is 2.10. The third-order valence-electron chi connectivity index (χ3n) is 4.55. The minimum absolute atomic E-state index is 0.0518. The van der Waals surface area contributed by atoms with E-state index >= 15 is 0 Å². The SMILES string of the molecule is CCCC1NC(CC(C)C)N(C2CCCN(C)C2)C1=O. The molecule has 0 saturated carbocycles. The number of likely N-dealkylation sites (tertiary alicyclic amines) is 1. The Morgan fingerprint density at radius 1 is 1.40 bits per heavy atom.